The Balaban J connectivity index is 1.81. The fourth-order valence-corrected chi connectivity index (χ4v) is 5.79. The molecule has 28 heavy (non-hydrogen) atoms. The molecule has 1 N–H and O–H groups in total. The van der Waals surface area contributed by atoms with Crippen LogP contribution in [0, 0.1) is 19.8 Å². The first-order chi connectivity index (χ1) is 13.3. The van der Waals surface area contributed by atoms with Gasteiger partial charge in [-0.3, -0.25) is 0 Å². The van der Waals surface area contributed by atoms with Crippen LogP contribution in [-0.4, -0.2) is 42.1 Å². The molecule has 1 aliphatic rings. The molecule has 1 aromatic heterocycles. The summed E-state index contributed by atoms with van der Waals surface area (Å²) >= 11 is 0. The van der Waals surface area contributed by atoms with E-state index in [0.29, 0.717) is 36.3 Å². The third-order valence-electron chi connectivity index (χ3n) is 5.83. The number of piperidine rings is 1. The summed E-state index contributed by atoms with van der Waals surface area (Å²) in [7, 11) is -3.49. The molecule has 7 heteroatoms. The fourth-order valence-electron chi connectivity index (χ4n) is 3.95. The van der Waals surface area contributed by atoms with E-state index >= 15 is 0 Å². The molecule has 2 aromatic rings. The quantitative estimate of drug-likeness (QED) is 0.766. The molecule has 0 bridgehead atoms. The van der Waals surface area contributed by atoms with E-state index in [9.17, 15) is 8.42 Å². The van der Waals surface area contributed by atoms with E-state index in [2.05, 4.69) is 43.2 Å². The Morgan fingerprint density at radius 1 is 1.14 bits per heavy atom. The Morgan fingerprint density at radius 3 is 2.39 bits per heavy atom. The van der Waals surface area contributed by atoms with Gasteiger partial charge in [-0.15, -0.1) is 0 Å². The zero-order valence-corrected chi connectivity index (χ0v) is 18.3. The van der Waals surface area contributed by atoms with Crippen molar-refractivity contribution in [3.8, 4) is 0 Å². The second kappa shape index (κ2) is 8.76. The molecule has 0 amide bonds. The van der Waals surface area contributed by atoms with Gasteiger partial charge in [0.1, 0.15) is 11.4 Å². The second-order valence-corrected chi connectivity index (χ2v) is 9.88. The molecule has 0 spiro atoms. The van der Waals surface area contributed by atoms with Gasteiger partial charge in [0.25, 0.3) is 0 Å². The monoisotopic (exact) mass is 405 g/mol. The lowest BCUT2D eigenvalue weighted by atomic mass is 10.0. The highest BCUT2D eigenvalue weighted by molar-refractivity contribution is 7.89. The molecular formula is C21H33N4O2S+. The van der Waals surface area contributed by atoms with Crippen molar-refractivity contribution < 1.29 is 13.3 Å². The number of sulfonamides is 1. The van der Waals surface area contributed by atoms with Crippen LogP contribution in [0.4, 0.5) is 0 Å². The van der Waals surface area contributed by atoms with E-state index < -0.39 is 10.0 Å². The topological polar surface area (TPSA) is 59.6 Å². The Labute approximate surface area is 169 Å². The van der Waals surface area contributed by atoms with E-state index in [0.717, 1.165) is 31.6 Å². The van der Waals surface area contributed by atoms with Gasteiger partial charge in [-0.1, -0.05) is 37.3 Å². The fraction of sp³-hybridized carbons (Fsp3) is 0.571. The van der Waals surface area contributed by atoms with Gasteiger partial charge in [-0.25, -0.2) is 13.1 Å². The Bertz CT molecular complexity index is 885. The number of aryl methyl sites for hydroxylation is 1. The van der Waals surface area contributed by atoms with Crippen LogP contribution in [0.15, 0.2) is 35.2 Å². The van der Waals surface area contributed by atoms with Crippen LogP contribution in [0.5, 0.6) is 0 Å². The second-order valence-electron chi connectivity index (χ2n) is 8.01. The molecular weight excluding hydrogens is 372 g/mol. The summed E-state index contributed by atoms with van der Waals surface area (Å²) < 4.78 is 30.0. The van der Waals surface area contributed by atoms with Gasteiger partial charge in [-0.2, -0.15) is 9.40 Å². The van der Waals surface area contributed by atoms with E-state index in [1.807, 2.05) is 24.6 Å². The lowest BCUT2D eigenvalue weighted by Gasteiger charge is -2.29. The van der Waals surface area contributed by atoms with Crippen molar-refractivity contribution in [3.63, 3.8) is 0 Å². The molecule has 1 aliphatic heterocycles. The zero-order valence-electron chi connectivity index (χ0n) is 17.5. The summed E-state index contributed by atoms with van der Waals surface area (Å²) in [6, 6.07) is 10.4. The minimum atomic E-state index is -3.49. The number of nitrogens with zero attached hydrogens (tertiary/aromatic N) is 3. The van der Waals surface area contributed by atoms with Crippen LogP contribution in [0.2, 0.25) is 0 Å². The number of quaternary nitrogens is 1. The Kier molecular flexibility index (Phi) is 6.58. The van der Waals surface area contributed by atoms with Crippen molar-refractivity contribution in [2.45, 2.75) is 58.6 Å². The molecule has 3 rings (SSSR count). The molecule has 1 saturated heterocycles. The van der Waals surface area contributed by atoms with Crippen LogP contribution < -0.4 is 4.90 Å². The van der Waals surface area contributed by atoms with Crippen LogP contribution in [0.1, 0.15) is 43.6 Å². The zero-order chi connectivity index (χ0) is 20.3. The van der Waals surface area contributed by atoms with Gasteiger partial charge in [-0.05, 0) is 39.5 Å². The molecule has 1 fully saturated rings. The van der Waals surface area contributed by atoms with Crippen molar-refractivity contribution in [3.05, 3.63) is 47.3 Å². The molecule has 0 saturated carbocycles. The van der Waals surface area contributed by atoms with Crippen molar-refractivity contribution in [1.82, 2.24) is 14.1 Å². The van der Waals surface area contributed by atoms with Crippen molar-refractivity contribution in [1.29, 1.82) is 0 Å². The normalized spacial score (nSPS) is 17.7. The first-order valence-corrected chi connectivity index (χ1v) is 11.7. The van der Waals surface area contributed by atoms with Gasteiger partial charge >= 0.3 is 0 Å². The number of benzene rings is 1. The number of rotatable bonds is 7. The van der Waals surface area contributed by atoms with Crippen LogP contribution in [0.25, 0.3) is 0 Å². The summed E-state index contributed by atoms with van der Waals surface area (Å²) in [5, 5.41) is 4.61. The third kappa shape index (κ3) is 4.47. The first-order valence-electron chi connectivity index (χ1n) is 10.2. The maximum absolute atomic E-state index is 13.3. The first kappa shape index (κ1) is 21.0. The van der Waals surface area contributed by atoms with E-state index in [4.69, 9.17) is 0 Å². The standard InChI is InChI=1S/C21H32N4O2S/c1-5-23(15-20-9-7-6-8-10-20)16-25-19(4)21(18(3)22-25)28(26,27)24-13-11-17(2)12-14-24/h6-10,17H,5,11-16H2,1-4H3/p+1. The van der Waals surface area contributed by atoms with Gasteiger partial charge in [0, 0.05) is 18.7 Å². The van der Waals surface area contributed by atoms with Crippen molar-refractivity contribution >= 4 is 10.0 Å². The molecule has 1 unspecified atom stereocenters. The Morgan fingerprint density at radius 2 is 1.79 bits per heavy atom. The predicted octanol–water partition coefficient (Wildman–Crippen LogP) is 1.98. The third-order valence-corrected chi connectivity index (χ3v) is 7.98. The lowest BCUT2D eigenvalue weighted by molar-refractivity contribution is -0.935. The summed E-state index contributed by atoms with van der Waals surface area (Å²) in [6.45, 7) is 11.7. The number of aromatic nitrogens is 2. The van der Waals surface area contributed by atoms with Crippen LogP contribution in [-0.2, 0) is 23.2 Å². The molecule has 6 nitrogen and oxygen atoms in total. The number of hydrogen-bond donors (Lipinski definition) is 1. The Hall–Kier alpha value is -1.70. The van der Waals surface area contributed by atoms with Crippen molar-refractivity contribution in [2.24, 2.45) is 5.92 Å². The maximum atomic E-state index is 13.3. The molecule has 1 atom stereocenters. The lowest BCUT2D eigenvalue weighted by Crippen LogP contribution is -3.09. The predicted molar refractivity (Wildman–Crippen MR) is 111 cm³/mol. The van der Waals surface area contributed by atoms with E-state index in [1.165, 1.54) is 10.5 Å². The summed E-state index contributed by atoms with van der Waals surface area (Å²) in [5.74, 6) is 0.594. The average Bonchev–Trinajstić information content (AvgIpc) is 2.96. The minimum absolute atomic E-state index is 0.400. The highest BCUT2D eigenvalue weighted by atomic mass is 32.2. The van der Waals surface area contributed by atoms with E-state index in [-0.39, 0.29) is 0 Å². The van der Waals surface area contributed by atoms with Crippen LogP contribution >= 0.6 is 0 Å². The van der Waals surface area contributed by atoms with E-state index in [1.54, 1.807) is 4.31 Å². The molecule has 2 heterocycles. The average molecular weight is 406 g/mol. The van der Waals surface area contributed by atoms with Gasteiger partial charge in [0.2, 0.25) is 10.0 Å². The summed E-state index contributed by atoms with van der Waals surface area (Å²) in [5.41, 5.74) is 2.62. The van der Waals surface area contributed by atoms with Crippen LogP contribution in [0.3, 0.4) is 0 Å². The van der Waals surface area contributed by atoms with Crippen molar-refractivity contribution in [2.75, 3.05) is 19.6 Å². The molecule has 0 radical (unpaired) electrons. The highest BCUT2D eigenvalue weighted by Crippen LogP contribution is 2.27. The highest BCUT2D eigenvalue weighted by Gasteiger charge is 2.33. The molecule has 0 aliphatic carbocycles. The molecule has 1 aromatic carbocycles. The summed E-state index contributed by atoms with van der Waals surface area (Å²) in [4.78, 5) is 1.74. The SMILES string of the molecule is CC[NH+](Cc1ccccc1)Cn1nc(C)c(S(=O)(=O)N2CCC(C)CC2)c1C. The molecule has 154 valence electrons. The number of hydrogen-bond acceptors (Lipinski definition) is 3. The van der Waals surface area contributed by atoms with Gasteiger partial charge in [0.15, 0.2) is 6.67 Å². The van der Waals surface area contributed by atoms with Gasteiger partial charge < -0.3 is 4.90 Å². The largest absolute Gasteiger partial charge is 0.313 e. The smallest absolute Gasteiger partial charge is 0.246 e. The maximum Gasteiger partial charge on any atom is 0.246 e. The number of nitrogens with one attached hydrogen (secondary N) is 1. The van der Waals surface area contributed by atoms with Gasteiger partial charge in [0.05, 0.1) is 17.9 Å². The minimum Gasteiger partial charge on any atom is -0.313 e. The summed E-state index contributed by atoms with van der Waals surface area (Å²) in [6.07, 6.45) is 1.85.